The molecule has 0 amide bonds. The Morgan fingerprint density at radius 3 is 2.62 bits per heavy atom. The van der Waals surface area contributed by atoms with Crippen LogP contribution in [0.3, 0.4) is 0 Å². The van der Waals surface area contributed by atoms with Crippen LogP contribution in [-0.2, 0) is 7.05 Å². The Kier molecular flexibility index (Phi) is 3.56. The number of nitrogen functional groups attached to an aromatic ring is 1. The normalized spacial score (nSPS) is 11.8. The fraction of sp³-hybridized carbons (Fsp3) is 0.556. The number of rotatable bonds is 4. The fourth-order valence-electron chi connectivity index (χ4n) is 1.25. The van der Waals surface area contributed by atoms with E-state index in [1.807, 2.05) is 0 Å². The van der Waals surface area contributed by atoms with E-state index in [9.17, 15) is 18.0 Å². The largest absolute Gasteiger partial charge is 0.389 e. The number of hydrogen-bond acceptors (Lipinski definition) is 3. The molecular weight excluding hydrogens is 223 g/mol. The molecule has 1 aromatic heterocycles. The van der Waals surface area contributed by atoms with Gasteiger partial charge in [-0.3, -0.25) is 9.48 Å². The molecule has 0 bridgehead atoms. The SMILES string of the molecule is Cn1ncc(C(=O)CCCC(F)(F)F)c1N. The molecule has 4 nitrogen and oxygen atoms in total. The molecule has 1 heterocycles. The summed E-state index contributed by atoms with van der Waals surface area (Å²) in [6, 6.07) is 0. The maximum Gasteiger partial charge on any atom is 0.389 e. The van der Waals surface area contributed by atoms with Gasteiger partial charge in [0, 0.05) is 19.9 Å². The highest BCUT2D eigenvalue weighted by atomic mass is 19.4. The van der Waals surface area contributed by atoms with Crippen molar-refractivity contribution in [2.75, 3.05) is 5.73 Å². The van der Waals surface area contributed by atoms with Gasteiger partial charge >= 0.3 is 6.18 Å². The molecule has 1 rings (SSSR count). The second-order valence-electron chi connectivity index (χ2n) is 3.46. The number of hydrogen-bond donors (Lipinski definition) is 1. The van der Waals surface area contributed by atoms with Gasteiger partial charge in [0.15, 0.2) is 5.78 Å². The zero-order chi connectivity index (χ0) is 12.3. The number of nitrogens with two attached hydrogens (primary N) is 1. The molecule has 1 aromatic rings. The summed E-state index contributed by atoms with van der Waals surface area (Å²) in [5, 5.41) is 3.74. The number of aromatic nitrogens is 2. The molecule has 0 aromatic carbocycles. The molecule has 90 valence electrons. The molecule has 2 N–H and O–H groups in total. The van der Waals surface area contributed by atoms with Crippen molar-refractivity contribution in [3.05, 3.63) is 11.8 Å². The lowest BCUT2D eigenvalue weighted by Crippen LogP contribution is -2.09. The Hall–Kier alpha value is -1.53. The zero-order valence-electron chi connectivity index (χ0n) is 8.71. The summed E-state index contributed by atoms with van der Waals surface area (Å²) in [6.07, 6.45) is -4.31. The summed E-state index contributed by atoms with van der Waals surface area (Å²) < 4.78 is 36.8. The molecule has 0 aliphatic rings. The molecule has 0 spiro atoms. The highest BCUT2D eigenvalue weighted by Crippen LogP contribution is 2.23. The highest BCUT2D eigenvalue weighted by Gasteiger charge is 2.27. The monoisotopic (exact) mass is 235 g/mol. The maximum atomic E-state index is 11.8. The van der Waals surface area contributed by atoms with Crippen LogP contribution in [0.5, 0.6) is 0 Å². The predicted molar refractivity (Wildman–Crippen MR) is 51.9 cm³/mol. The van der Waals surface area contributed by atoms with Gasteiger partial charge in [-0.2, -0.15) is 18.3 Å². The van der Waals surface area contributed by atoms with Crippen LogP contribution in [0.2, 0.25) is 0 Å². The van der Waals surface area contributed by atoms with E-state index >= 15 is 0 Å². The maximum absolute atomic E-state index is 11.8. The molecule has 0 atom stereocenters. The van der Waals surface area contributed by atoms with E-state index in [-0.39, 0.29) is 24.2 Å². The quantitative estimate of drug-likeness (QED) is 0.811. The molecule has 16 heavy (non-hydrogen) atoms. The average Bonchev–Trinajstić information content (AvgIpc) is 2.45. The molecular formula is C9H12F3N3O. The Morgan fingerprint density at radius 2 is 2.19 bits per heavy atom. The molecule has 0 unspecified atom stereocenters. The lowest BCUT2D eigenvalue weighted by atomic mass is 10.1. The van der Waals surface area contributed by atoms with E-state index in [1.54, 1.807) is 7.05 Å². The molecule has 0 aliphatic carbocycles. The molecule has 0 saturated carbocycles. The van der Waals surface area contributed by atoms with Crippen LogP contribution in [0.15, 0.2) is 6.20 Å². The topological polar surface area (TPSA) is 60.9 Å². The van der Waals surface area contributed by atoms with Crippen molar-refractivity contribution < 1.29 is 18.0 Å². The summed E-state index contributed by atoms with van der Waals surface area (Å²) in [5.74, 6) is -0.230. The summed E-state index contributed by atoms with van der Waals surface area (Å²) >= 11 is 0. The number of carbonyl (C=O) groups is 1. The second kappa shape index (κ2) is 4.54. The van der Waals surface area contributed by atoms with E-state index in [4.69, 9.17) is 5.73 Å². The van der Waals surface area contributed by atoms with Gasteiger partial charge in [0.1, 0.15) is 5.82 Å². The number of nitrogens with zero attached hydrogens (tertiary/aromatic N) is 2. The molecule has 0 saturated heterocycles. The molecule has 0 fully saturated rings. The van der Waals surface area contributed by atoms with E-state index in [1.165, 1.54) is 10.9 Å². The lowest BCUT2D eigenvalue weighted by molar-refractivity contribution is -0.135. The Morgan fingerprint density at radius 1 is 1.56 bits per heavy atom. The van der Waals surface area contributed by atoms with Gasteiger partial charge in [0.05, 0.1) is 11.8 Å². The molecule has 0 aliphatic heterocycles. The third-order valence-corrected chi connectivity index (χ3v) is 2.15. The predicted octanol–water partition coefficient (Wildman–Crippen LogP) is 1.92. The van der Waals surface area contributed by atoms with Crippen LogP contribution in [0.25, 0.3) is 0 Å². The van der Waals surface area contributed by atoms with Gasteiger partial charge in [-0.15, -0.1) is 0 Å². The number of halogens is 3. The van der Waals surface area contributed by atoms with Crippen molar-refractivity contribution >= 4 is 11.6 Å². The minimum Gasteiger partial charge on any atom is -0.383 e. The van der Waals surface area contributed by atoms with E-state index in [0.29, 0.717) is 0 Å². The van der Waals surface area contributed by atoms with E-state index < -0.39 is 18.4 Å². The first-order chi connectivity index (χ1) is 7.31. The Balaban J connectivity index is 2.51. The summed E-state index contributed by atoms with van der Waals surface area (Å²) in [6.45, 7) is 0. The van der Waals surface area contributed by atoms with Gasteiger partial charge in [-0.25, -0.2) is 0 Å². The van der Waals surface area contributed by atoms with Crippen molar-refractivity contribution in [1.29, 1.82) is 0 Å². The third-order valence-electron chi connectivity index (χ3n) is 2.15. The standard InChI is InChI=1S/C9H12F3N3O/c1-15-8(13)6(5-14-15)7(16)3-2-4-9(10,11)12/h5H,2-4,13H2,1H3. The lowest BCUT2D eigenvalue weighted by Gasteiger charge is -2.04. The zero-order valence-corrected chi connectivity index (χ0v) is 8.71. The number of carbonyl (C=O) groups excluding carboxylic acids is 1. The van der Waals surface area contributed by atoms with Gasteiger partial charge in [0.2, 0.25) is 0 Å². The summed E-state index contributed by atoms with van der Waals surface area (Å²) in [7, 11) is 1.56. The van der Waals surface area contributed by atoms with Crippen LogP contribution >= 0.6 is 0 Å². The third kappa shape index (κ3) is 3.25. The fourth-order valence-corrected chi connectivity index (χ4v) is 1.25. The van der Waals surface area contributed by atoms with Crippen molar-refractivity contribution in [1.82, 2.24) is 9.78 Å². The first-order valence-electron chi connectivity index (χ1n) is 4.68. The van der Waals surface area contributed by atoms with Crippen molar-refractivity contribution in [2.24, 2.45) is 7.05 Å². The van der Waals surface area contributed by atoms with Crippen LogP contribution in [-0.4, -0.2) is 21.7 Å². The van der Waals surface area contributed by atoms with Gasteiger partial charge in [-0.1, -0.05) is 0 Å². The average molecular weight is 235 g/mol. The van der Waals surface area contributed by atoms with Crippen LogP contribution in [0.1, 0.15) is 29.6 Å². The number of anilines is 1. The van der Waals surface area contributed by atoms with Gasteiger partial charge in [0.25, 0.3) is 0 Å². The van der Waals surface area contributed by atoms with Crippen molar-refractivity contribution in [3.8, 4) is 0 Å². The smallest absolute Gasteiger partial charge is 0.383 e. The first kappa shape index (κ1) is 12.5. The number of ketones is 1. The summed E-state index contributed by atoms with van der Waals surface area (Å²) in [5.41, 5.74) is 5.70. The van der Waals surface area contributed by atoms with Crippen molar-refractivity contribution in [2.45, 2.75) is 25.4 Å². The van der Waals surface area contributed by atoms with Crippen LogP contribution < -0.4 is 5.73 Å². The van der Waals surface area contributed by atoms with E-state index in [2.05, 4.69) is 5.10 Å². The Bertz CT molecular complexity index is 384. The second-order valence-corrected chi connectivity index (χ2v) is 3.46. The minimum atomic E-state index is -4.22. The van der Waals surface area contributed by atoms with Gasteiger partial charge in [-0.05, 0) is 6.42 Å². The minimum absolute atomic E-state index is 0.171. The summed E-state index contributed by atoms with van der Waals surface area (Å²) in [4.78, 5) is 11.5. The number of Topliss-reactive ketones (excluding diaryl/α,β-unsaturated/α-hetero) is 1. The number of aryl methyl sites for hydroxylation is 1. The Labute approximate surface area is 90.2 Å². The molecule has 0 radical (unpaired) electrons. The molecule has 7 heteroatoms. The highest BCUT2D eigenvalue weighted by molar-refractivity contribution is 5.99. The van der Waals surface area contributed by atoms with Crippen molar-refractivity contribution in [3.63, 3.8) is 0 Å². The van der Waals surface area contributed by atoms with Gasteiger partial charge < -0.3 is 5.73 Å². The van der Waals surface area contributed by atoms with Crippen LogP contribution in [0.4, 0.5) is 19.0 Å². The first-order valence-corrected chi connectivity index (χ1v) is 4.68. The van der Waals surface area contributed by atoms with Crippen LogP contribution in [0, 0.1) is 0 Å². The van der Waals surface area contributed by atoms with E-state index in [0.717, 1.165) is 0 Å². The number of alkyl halides is 3.